The van der Waals surface area contributed by atoms with Crippen molar-refractivity contribution in [2.24, 2.45) is 0 Å². The van der Waals surface area contributed by atoms with Crippen LogP contribution in [0.25, 0.3) is 22.2 Å². The molecular formula is C22H19ClF3NO3. The number of hydrogen-bond donors (Lipinski definition) is 0. The van der Waals surface area contributed by atoms with Gasteiger partial charge in [0.1, 0.15) is 5.75 Å². The highest BCUT2D eigenvalue weighted by Gasteiger charge is 2.31. The lowest BCUT2D eigenvalue weighted by atomic mass is 9.96. The van der Waals surface area contributed by atoms with Gasteiger partial charge in [0, 0.05) is 17.0 Å². The number of carbonyl (C=O) groups excluding carboxylic acids is 1. The smallest absolute Gasteiger partial charge is 0.416 e. The fourth-order valence-electron chi connectivity index (χ4n) is 3.17. The van der Waals surface area contributed by atoms with Crippen LogP contribution in [0.2, 0.25) is 5.02 Å². The number of hydrogen-bond acceptors (Lipinski definition) is 4. The molecule has 2 aromatic carbocycles. The second-order valence-corrected chi connectivity index (χ2v) is 7.09. The molecule has 0 aliphatic carbocycles. The van der Waals surface area contributed by atoms with Gasteiger partial charge in [-0.05, 0) is 37.1 Å². The average Bonchev–Trinajstić information content (AvgIpc) is 2.71. The van der Waals surface area contributed by atoms with Crippen molar-refractivity contribution in [3.63, 3.8) is 0 Å². The van der Waals surface area contributed by atoms with E-state index in [9.17, 15) is 18.0 Å². The summed E-state index contributed by atoms with van der Waals surface area (Å²) in [6, 6.07) is 7.95. The highest BCUT2D eigenvalue weighted by molar-refractivity contribution is 6.33. The van der Waals surface area contributed by atoms with Crippen LogP contribution in [0.3, 0.4) is 0 Å². The van der Waals surface area contributed by atoms with Crippen molar-refractivity contribution < 1.29 is 27.4 Å². The second-order valence-electron chi connectivity index (χ2n) is 6.68. The minimum absolute atomic E-state index is 0.193. The Kier molecular flexibility index (Phi) is 6.22. The highest BCUT2D eigenvalue weighted by atomic mass is 35.5. The maximum atomic E-state index is 13.2. The maximum Gasteiger partial charge on any atom is 0.416 e. The third-order valence-corrected chi connectivity index (χ3v) is 4.89. The van der Waals surface area contributed by atoms with Crippen LogP contribution >= 0.6 is 11.6 Å². The zero-order chi connectivity index (χ0) is 22.1. The zero-order valence-corrected chi connectivity index (χ0v) is 17.3. The van der Waals surface area contributed by atoms with Gasteiger partial charge in [0.05, 0.1) is 41.1 Å². The molecule has 0 bridgehead atoms. The van der Waals surface area contributed by atoms with Crippen LogP contribution < -0.4 is 4.74 Å². The lowest BCUT2D eigenvalue weighted by Gasteiger charge is -2.16. The van der Waals surface area contributed by atoms with E-state index in [0.717, 1.165) is 18.6 Å². The van der Waals surface area contributed by atoms with Crippen LogP contribution in [0.1, 0.15) is 34.8 Å². The van der Waals surface area contributed by atoms with E-state index in [1.165, 1.54) is 19.2 Å². The number of benzene rings is 2. The normalized spacial score (nSPS) is 11.6. The van der Waals surface area contributed by atoms with Gasteiger partial charge in [-0.1, -0.05) is 30.7 Å². The molecular weight excluding hydrogens is 419 g/mol. The van der Waals surface area contributed by atoms with Gasteiger partial charge in [-0.15, -0.1) is 0 Å². The molecule has 0 amide bonds. The molecule has 30 heavy (non-hydrogen) atoms. The van der Waals surface area contributed by atoms with Crippen LogP contribution in [0.4, 0.5) is 13.2 Å². The molecule has 0 saturated heterocycles. The molecule has 8 heteroatoms. The minimum atomic E-state index is -4.50. The van der Waals surface area contributed by atoms with Crippen molar-refractivity contribution in [3.05, 3.63) is 58.1 Å². The number of halogens is 4. The average molecular weight is 438 g/mol. The molecule has 0 saturated carbocycles. The summed E-state index contributed by atoms with van der Waals surface area (Å²) in [6.45, 7) is 3.99. The Labute approximate surface area is 176 Å². The van der Waals surface area contributed by atoms with Crippen molar-refractivity contribution in [1.82, 2.24) is 4.98 Å². The third-order valence-electron chi connectivity index (χ3n) is 4.60. The summed E-state index contributed by atoms with van der Waals surface area (Å²) in [7, 11) is 1.23. The number of rotatable bonds is 5. The number of methoxy groups -OCH3 is 1. The van der Waals surface area contributed by atoms with Gasteiger partial charge in [0.15, 0.2) is 0 Å². The van der Waals surface area contributed by atoms with E-state index in [-0.39, 0.29) is 16.8 Å². The molecule has 0 aliphatic rings. The first-order valence-electron chi connectivity index (χ1n) is 9.20. The van der Waals surface area contributed by atoms with Crippen LogP contribution in [0.15, 0.2) is 36.4 Å². The van der Waals surface area contributed by atoms with Gasteiger partial charge >= 0.3 is 12.1 Å². The molecule has 1 heterocycles. The summed E-state index contributed by atoms with van der Waals surface area (Å²) < 4.78 is 50.1. The van der Waals surface area contributed by atoms with E-state index in [1.807, 2.05) is 6.92 Å². The maximum absolute atomic E-state index is 13.2. The standard InChI is InChI=1S/C22H19ClF3NO3/c1-4-8-30-18-11-17-15(10-16(18)23)19(21(28)29-3)12(2)20(27-17)13-6-5-7-14(9-13)22(24,25)26/h5-7,9-11H,4,8H2,1-3H3. The molecule has 0 spiro atoms. The number of aromatic nitrogens is 1. The number of nitrogens with zero attached hydrogens (tertiary/aromatic N) is 1. The predicted octanol–water partition coefficient (Wildman–Crippen LogP) is 6.46. The third kappa shape index (κ3) is 4.21. The van der Waals surface area contributed by atoms with Crippen molar-refractivity contribution in [2.75, 3.05) is 13.7 Å². The Morgan fingerprint density at radius 2 is 1.93 bits per heavy atom. The molecule has 0 fully saturated rings. The van der Waals surface area contributed by atoms with Crippen LogP contribution in [-0.2, 0) is 10.9 Å². The molecule has 4 nitrogen and oxygen atoms in total. The first-order valence-corrected chi connectivity index (χ1v) is 9.57. The van der Waals surface area contributed by atoms with Gasteiger partial charge < -0.3 is 9.47 Å². The summed E-state index contributed by atoms with van der Waals surface area (Å²) in [6.07, 6.45) is -3.74. The number of carbonyl (C=O) groups is 1. The molecule has 0 N–H and O–H groups in total. The molecule has 1 aromatic heterocycles. The lowest BCUT2D eigenvalue weighted by molar-refractivity contribution is -0.137. The SMILES string of the molecule is CCCOc1cc2nc(-c3cccc(C(F)(F)F)c3)c(C)c(C(=O)OC)c2cc1Cl. The summed E-state index contributed by atoms with van der Waals surface area (Å²) >= 11 is 6.31. The van der Waals surface area contributed by atoms with Gasteiger partial charge in [-0.3, -0.25) is 0 Å². The summed E-state index contributed by atoms with van der Waals surface area (Å²) in [5.41, 5.74) is 0.636. The van der Waals surface area contributed by atoms with Crippen molar-refractivity contribution in [2.45, 2.75) is 26.4 Å². The molecule has 0 atom stereocenters. The van der Waals surface area contributed by atoms with Crippen molar-refractivity contribution in [1.29, 1.82) is 0 Å². The van der Waals surface area contributed by atoms with Gasteiger partial charge in [-0.2, -0.15) is 13.2 Å². The van der Waals surface area contributed by atoms with E-state index in [1.54, 1.807) is 19.1 Å². The van der Waals surface area contributed by atoms with Crippen LogP contribution in [-0.4, -0.2) is 24.7 Å². The van der Waals surface area contributed by atoms with E-state index in [0.29, 0.717) is 33.8 Å². The lowest BCUT2D eigenvalue weighted by Crippen LogP contribution is -2.09. The van der Waals surface area contributed by atoms with Gasteiger partial charge in [0.2, 0.25) is 0 Å². The molecule has 3 aromatic rings. The van der Waals surface area contributed by atoms with Crippen LogP contribution in [0, 0.1) is 6.92 Å². The van der Waals surface area contributed by atoms with E-state index < -0.39 is 17.7 Å². The molecule has 3 rings (SSSR count). The number of esters is 1. The number of fused-ring (bicyclic) bond motifs is 1. The summed E-state index contributed by atoms with van der Waals surface area (Å²) in [5.74, 6) is -0.250. The fraction of sp³-hybridized carbons (Fsp3) is 0.273. The monoisotopic (exact) mass is 437 g/mol. The topological polar surface area (TPSA) is 48.4 Å². The Balaban J connectivity index is 2.31. The Morgan fingerprint density at radius 1 is 1.20 bits per heavy atom. The molecule has 0 unspecified atom stereocenters. The van der Waals surface area contributed by atoms with E-state index in [4.69, 9.17) is 21.1 Å². The highest BCUT2D eigenvalue weighted by Crippen LogP contribution is 2.37. The molecule has 158 valence electrons. The predicted molar refractivity (Wildman–Crippen MR) is 109 cm³/mol. The van der Waals surface area contributed by atoms with Crippen LogP contribution in [0.5, 0.6) is 5.75 Å². The largest absolute Gasteiger partial charge is 0.492 e. The van der Waals surface area contributed by atoms with Gasteiger partial charge in [0.25, 0.3) is 0 Å². The Bertz CT molecular complexity index is 1110. The summed E-state index contributed by atoms with van der Waals surface area (Å²) in [5, 5.41) is 0.734. The van der Waals surface area contributed by atoms with Crippen molar-refractivity contribution >= 4 is 28.5 Å². The van der Waals surface area contributed by atoms with E-state index in [2.05, 4.69) is 4.98 Å². The minimum Gasteiger partial charge on any atom is -0.492 e. The first-order chi connectivity index (χ1) is 14.2. The number of pyridine rings is 1. The first kappa shape index (κ1) is 21.9. The number of ether oxygens (including phenoxy) is 2. The van der Waals surface area contributed by atoms with Crippen molar-refractivity contribution in [3.8, 4) is 17.0 Å². The molecule has 0 radical (unpaired) electrons. The zero-order valence-electron chi connectivity index (χ0n) is 16.6. The number of alkyl halides is 3. The van der Waals surface area contributed by atoms with E-state index >= 15 is 0 Å². The summed E-state index contributed by atoms with van der Waals surface area (Å²) in [4.78, 5) is 17.1. The Hall–Kier alpha value is -2.80. The second kappa shape index (κ2) is 8.52. The van der Waals surface area contributed by atoms with Gasteiger partial charge in [-0.25, -0.2) is 9.78 Å². The Morgan fingerprint density at radius 3 is 2.57 bits per heavy atom. The fourth-order valence-corrected chi connectivity index (χ4v) is 3.39. The molecule has 0 aliphatic heterocycles. The quantitative estimate of drug-likeness (QED) is 0.430.